The Morgan fingerprint density at radius 2 is 1.75 bits per heavy atom. The summed E-state index contributed by atoms with van der Waals surface area (Å²) in [6, 6.07) is 8.02. The number of hydrogen-bond donors (Lipinski definition) is 0. The number of unbranched alkanes of at least 4 members (excludes halogenated alkanes) is 1. The third-order valence-corrected chi connectivity index (χ3v) is 3.06. The van der Waals surface area contributed by atoms with Crippen molar-refractivity contribution < 1.29 is 14.3 Å². The maximum Gasteiger partial charge on any atom is 0.309 e. The number of benzene rings is 1. The molecule has 0 saturated carbocycles. The highest BCUT2D eigenvalue weighted by Gasteiger charge is 2.13. The van der Waals surface area contributed by atoms with Gasteiger partial charge in [-0.25, -0.2) is 0 Å². The number of carbonyl (C=O) groups excluding carboxylic acids is 1. The van der Waals surface area contributed by atoms with Crippen molar-refractivity contribution >= 4 is 5.97 Å². The minimum Gasteiger partial charge on any atom is -0.493 e. The van der Waals surface area contributed by atoms with Crippen molar-refractivity contribution in [3.8, 4) is 5.75 Å². The molecule has 0 heterocycles. The molecule has 0 atom stereocenters. The molecule has 0 aliphatic rings. The maximum atomic E-state index is 11.4. The predicted molar refractivity (Wildman–Crippen MR) is 81.1 cm³/mol. The fraction of sp³-hybridized carbons (Fsp3) is 0.588. The van der Waals surface area contributed by atoms with E-state index < -0.39 is 0 Å². The van der Waals surface area contributed by atoms with Crippen molar-refractivity contribution in [2.75, 3.05) is 13.2 Å². The lowest BCUT2D eigenvalue weighted by Gasteiger charge is -2.19. The first-order chi connectivity index (χ1) is 9.43. The molecule has 1 rings (SSSR count). The number of esters is 1. The van der Waals surface area contributed by atoms with E-state index in [1.165, 1.54) is 5.56 Å². The van der Waals surface area contributed by atoms with Gasteiger partial charge in [-0.2, -0.15) is 0 Å². The van der Waals surface area contributed by atoms with Crippen LogP contribution in [0.4, 0.5) is 0 Å². The summed E-state index contributed by atoms with van der Waals surface area (Å²) >= 11 is 0. The molecule has 0 amide bonds. The fourth-order valence-corrected chi connectivity index (χ4v) is 1.71. The zero-order valence-corrected chi connectivity index (χ0v) is 13.1. The molecule has 0 saturated heterocycles. The van der Waals surface area contributed by atoms with Crippen LogP contribution in [-0.2, 0) is 14.9 Å². The Bertz CT molecular complexity index is 401. The van der Waals surface area contributed by atoms with Gasteiger partial charge >= 0.3 is 5.97 Å². The second-order valence-electron chi connectivity index (χ2n) is 5.95. The predicted octanol–water partition coefficient (Wildman–Crippen LogP) is 4.10. The Hall–Kier alpha value is -1.51. The first-order valence-corrected chi connectivity index (χ1v) is 7.32. The molecular formula is C17H26O3. The Kier molecular flexibility index (Phi) is 6.56. The summed E-state index contributed by atoms with van der Waals surface area (Å²) in [4.78, 5) is 11.4. The van der Waals surface area contributed by atoms with Crippen molar-refractivity contribution in [3.05, 3.63) is 29.8 Å². The molecular weight excluding hydrogens is 252 g/mol. The van der Waals surface area contributed by atoms with Crippen molar-refractivity contribution in [3.63, 3.8) is 0 Å². The normalized spacial score (nSPS) is 11.2. The van der Waals surface area contributed by atoms with E-state index >= 15 is 0 Å². The van der Waals surface area contributed by atoms with E-state index in [2.05, 4.69) is 39.8 Å². The van der Waals surface area contributed by atoms with Gasteiger partial charge in [-0.3, -0.25) is 4.79 Å². The van der Waals surface area contributed by atoms with Crippen molar-refractivity contribution in [1.82, 2.24) is 0 Å². The van der Waals surface area contributed by atoms with E-state index in [1.54, 1.807) is 0 Å². The van der Waals surface area contributed by atoms with E-state index in [1.807, 2.05) is 12.1 Å². The average molecular weight is 278 g/mol. The third-order valence-electron chi connectivity index (χ3n) is 3.06. The van der Waals surface area contributed by atoms with E-state index in [0.717, 1.165) is 18.6 Å². The van der Waals surface area contributed by atoms with Gasteiger partial charge in [-0.05, 0) is 29.5 Å². The second-order valence-corrected chi connectivity index (χ2v) is 5.95. The van der Waals surface area contributed by atoms with Gasteiger partial charge < -0.3 is 9.47 Å². The average Bonchev–Trinajstić information content (AvgIpc) is 2.38. The summed E-state index contributed by atoms with van der Waals surface area (Å²) in [7, 11) is 0. The maximum absolute atomic E-state index is 11.4. The van der Waals surface area contributed by atoms with Crippen LogP contribution >= 0.6 is 0 Å². The molecule has 0 fully saturated rings. The largest absolute Gasteiger partial charge is 0.493 e. The molecule has 0 aliphatic heterocycles. The molecule has 112 valence electrons. The number of ether oxygens (including phenoxy) is 2. The third kappa shape index (κ3) is 6.09. The lowest BCUT2D eigenvalue weighted by molar-refractivity contribution is -0.144. The summed E-state index contributed by atoms with van der Waals surface area (Å²) in [5, 5.41) is 0. The number of carbonyl (C=O) groups is 1. The van der Waals surface area contributed by atoms with Crippen molar-refractivity contribution in [2.45, 2.75) is 52.4 Å². The zero-order chi connectivity index (χ0) is 15.0. The summed E-state index contributed by atoms with van der Waals surface area (Å²) in [5.41, 5.74) is 1.41. The summed E-state index contributed by atoms with van der Waals surface area (Å²) in [5.74, 6) is 0.601. The van der Waals surface area contributed by atoms with Gasteiger partial charge in [0.15, 0.2) is 0 Å². The van der Waals surface area contributed by atoms with Gasteiger partial charge in [0.2, 0.25) is 0 Å². The molecule has 0 N–H and O–H groups in total. The molecule has 0 spiro atoms. The van der Waals surface area contributed by atoms with Crippen LogP contribution in [0.3, 0.4) is 0 Å². The molecule has 0 aliphatic carbocycles. The van der Waals surface area contributed by atoms with Crippen LogP contribution in [0.1, 0.15) is 52.5 Å². The Labute approximate surface area is 122 Å². The minimum atomic E-state index is -0.190. The monoisotopic (exact) mass is 278 g/mol. The van der Waals surface area contributed by atoms with Crippen molar-refractivity contribution in [1.29, 1.82) is 0 Å². The lowest BCUT2D eigenvalue weighted by atomic mass is 9.87. The minimum absolute atomic E-state index is 0.140. The van der Waals surface area contributed by atoms with Gasteiger partial charge in [0.1, 0.15) is 5.75 Å². The SMILES string of the molecule is CCCCOC(=O)CCOc1ccc(C(C)(C)C)cc1. The van der Waals surface area contributed by atoms with Crippen molar-refractivity contribution in [2.24, 2.45) is 0 Å². The Morgan fingerprint density at radius 3 is 2.30 bits per heavy atom. The Morgan fingerprint density at radius 1 is 1.10 bits per heavy atom. The van der Waals surface area contributed by atoms with E-state index in [-0.39, 0.29) is 11.4 Å². The summed E-state index contributed by atoms with van der Waals surface area (Å²) < 4.78 is 10.6. The van der Waals surface area contributed by atoms with Crippen LogP contribution in [0, 0.1) is 0 Å². The lowest BCUT2D eigenvalue weighted by Crippen LogP contribution is -2.12. The summed E-state index contributed by atoms with van der Waals surface area (Å²) in [6.07, 6.45) is 2.25. The number of hydrogen-bond acceptors (Lipinski definition) is 3. The molecule has 3 nitrogen and oxygen atoms in total. The van der Waals surface area contributed by atoms with E-state index in [4.69, 9.17) is 9.47 Å². The van der Waals surface area contributed by atoms with Gasteiger partial charge in [0.25, 0.3) is 0 Å². The van der Waals surface area contributed by atoms with Crippen LogP contribution in [0.2, 0.25) is 0 Å². The Balaban J connectivity index is 2.30. The quantitative estimate of drug-likeness (QED) is 0.556. The molecule has 0 unspecified atom stereocenters. The first kappa shape index (κ1) is 16.5. The molecule has 0 aromatic heterocycles. The highest BCUT2D eigenvalue weighted by atomic mass is 16.5. The molecule has 0 bridgehead atoms. The van der Waals surface area contributed by atoms with E-state index in [0.29, 0.717) is 19.6 Å². The number of rotatable bonds is 7. The molecule has 1 aromatic rings. The van der Waals surface area contributed by atoms with Crippen LogP contribution < -0.4 is 4.74 Å². The standard InChI is InChI=1S/C17H26O3/c1-5-6-12-20-16(18)11-13-19-15-9-7-14(8-10-15)17(2,3)4/h7-10H,5-6,11-13H2,1-4H3. The first-order valence-electron chi connectivity index (χ1n) is 7.32. The summed E-state index contributed by atoms with van der Waals surface area (Å²) in [6.45, 7) is 9.47. The zero-order valence-electron chi connectivity index (χ0n) is 13.1. The van der Waals surface area contributed by atoms with Gasteiger partial charge in [-0.1, -0.05) is 46.2 Å². The van der Waals surface area contributed by atoms with E-state index in [9.17, 15) is 4.79 Å². The molecule has 3 heteroatoms. The van der Waals surface area contributed by atoms with Crippen LogP contribution in [-0.4, -0.2) is 19.2 Å². The smallest absolute Gasteiger partial charge is 0.309 e. The molecule has 0 radical (unpaired) electrons. The van der Waals surface area contributed by atoms with Crippen LogP contribution in [0.5, 0.6) is 5.75 Å². The van der Waals surface area contributed by atoms with Gasteiger partial charge in [0.05, 0.1) is 19.6 Å². The van der Waals surface area contributed by atoms with Crippen LogP contribution in [0.25, 0.3) is 0 Å². The second kappa shape index (κ2) is 7.93. The highest BCUT2D eigenvalue weighted by Crippen LogP contribution is 2.24. The fourth-order valence-electron chi connectivity index (χ4n) is 1.71. The molecule has 1 aromatic carbocycles. The van der Waals surface area contributed by atoms with Crippen LogP contribution in [0.15, 0.2) is 24.3 Å². The molecule has 20 heavy (non-hydrogen) atoms. The van der Waals surface area contributed by atoms with Gasteiger partial charge in [-0.15, -0.1) is 0 Å². The topological polar surface area (TPSA) is 35.5 Å². The van der Waals surface area contributed by atoms with Gasteiger partial charge in [0, 0.05) is 0 Å². The highest BCUT2D eigenvalue weighted by molar-refractivity contribution is 5.69.